The summed E-state index contributed by atoms with van der Waals surface area (Å²) in [6.45, 7) is 8.07. The predicted octanol–water partition coefficient (Wildman–Crippen LogP) is 9.50. The maximum Gasteiger partial charge on any atom is 0.317 e. The summed E-state index contributed by atoms with van der Waals surface area (Å²) in [4.78, 5) is 13.3. The second-order valence-electron chi connectivity index (χ2n) is 12.2. The maximum absolute atomic E-state index is 13.3. The molecule has 0 bridgehead atoms. The van der Waals surface area contributed by atoms with Crippen LogP contribution in [0.15, 0.2) is 54.6 Å². The lowest BCUT2D eigenvalue weighted by molar-refractivity contribution is -0.906. The van der Waals surface area contributed by atoms with E-state index in [0.717, 1.165) is 42.6 Å². The molecule has 0 aliphatic rings. The Morgan fingerprint density at radius 2 is 1.35 bits per heavy atom. The molecule has 4 heteroatoms. The zero-order chi connectivity index (χ0) is 29.1. The van der Waals surface area contributed by atoms with Crippen molar-refractivity contribution in [1.82, 2.24) is 0 Å². The van der Waals surface area contributed by atoms with Gasteiger partial charge in [0.15, 0.2) is 0 Å². The molecule has 0 radical (unpaired) electrons. The Bertz CT molecular complexity index is 927. The van der Waals surface area contributed by atoms with Crippen LogP contribution in [0.5, 0.6) is 5.75 Å². The highest BCUT2D eigenvalue weighted by molar-refractivity contribution is 5.72. The Morgan fingerprint density at radius 3 is 1.98 bits per heavy atom. The quantitative estimate of drug-likeness (QED) is 0.0631. The van der Waals surface area contributed by atoms with E-state index in [2.05, 4.69) is 71.3 Å². The highest BCUT2D eigenvalue weighted by Gasteiger charge is 2.30. The van der Waals surface area contributed by atoms with Crippen LogP contribution in [0, 0.1) is 5.92 Å². The first-order valence-corrected chi connectivity index (χ1v) is 16.2. The number of ether oxygens (including phenoxy) is 2. The number of esters is 1. The lowest BCUT2D eigenvalue weighted by atomic mass is 10.0. The van der Waals surface area contributed by atoms with E-state index in [1.165, 1.54) is 75.3 Å². The molecule has 2 rings (SSSR count). The normalized spacial score (nSPS) is 13.1. The topological polar surface area (TPSA) is 35.5 Å². The third-order valence-electron chi connectivity index (χ3n) is 7.80. The first-order chi connectivity index (χ1) is 19.4. The van der Waals surface area contributed by atoms with Gasteiger partial charge < -0.3 is 14.0 Å². The van der Waals surface area contributed by atoms with Gasteiger partial charge in [-0.15, -0.1) is 0 Å². The van der Waals surface area contributed by atoms with Crippen molar-refractivity contribution in [1.29, 1.82) is 0 Å². The van der Waals surface area contributed by atoms with Crippen molar-refractivity contribution in [3.8, 4) is 5.75 Å². The summed E-state index contributed by atoms with van der Waals surface area (Å²) in [5.41, 5.74) is 2.49. The van der Waals surface area contributed by atoms with E-state index >= 15 is 0 Å². The smallest absolute Gasteiger partial charge is 0.317 e. The molecule has 0 aliphatic carbocycles. The van der Waals surface area contributed by atoms with Gasteiger partial charge in [-0.3, -0.25) is 4.79 Å². The fourth-order valence-corrected chi connectivity index (χ4v) is 5.48. The molecule has 4 nitrogen and oxygen atoms in total. The largest absolute Gasteiger partial charge is 0.455 e. The number of nitrogens with zero attached hydrogens (tertiary/aromatic N) is 1. The molecule has 224 valence electrons. The van der Waals surface area contributed by atoms with Crippen LogP contribution in [0.3, 0.4) is 0 Å². The van der Waals surface area contributed by atoms with Crippen LogP contribution in [0.1, 0.15) is 115 Å². The number of para-hydroxylation sites is 1. The molecule has 2 aromatic carbocycles. The number of aryl methyl sites for hydroxylation is 1. The van der Waals surface area contributed by atoms with E-state index < -0.39 is 6.29 Å². The Kier molecular flexibility index (Phi) is 16.7. The Balaban J connectivity index is 1.86. The van der Waals surface area contributed by atoms with Gasteiger partial charge >= 0.3 is 5.97 Å². The monoisotopic (exact) mass is 552 g/mol. The van der Waals surface area contributed by atoms with Crippen LogP contribution in [0.2, 0.25) is 0 Å². The number of carbonyl (C=O) groups is 1. The molecule has 0 fully saturated rings. The second-order valence-corrected chi connectivity index (χ2v) is 12.2. The van der Waals surface area contributed by atoms with Crippen molar-refractivity contribution >= 4 is 5.97 Å². The van der Waals surface area contributed by atoms with Crippen molar-refractivity contribution in [3.63, 3.8) is 0 Å². The predicted molar refractivity (Wildman–Crippen MR) is 168 cm³/mol. The second kappa shape index (κ2) is 19.7. The van der Waals surface area contributed by atoms with E-state index in [1.54, 1.807) is 0 Å². The SMILES string of the molecule is CCCCCCCCCCCCc1ccccc1OC(CCC)OC(=O)C(CC)C[N+](C)(C)Cc1ccccc1. The van der Waals surface area contributed by atoms with Gasteiger partial charge in [0.1, 0.15) is 18.2 Å². The fraction of sp³-hybridized carbons (Fsp3) is 0.639. The third kappa shape index (κ3) is 13.8. The van der Waals surface area contributed by atoms with Gasteiger partial charge in [-0.25, -0.2) is 0 Å². The maximum atomic E-state index is 13.3. The van der Waals surface area contributed by atoms with E-state index in [0.29, 0.717) is 6.42 Å². The molecule has 0 saturated heterocycles. The van der Waals surface area contributed by atoms with E-state index in [1.807, 2.05) is 18.2 Å². The molecule has 2 aromatic rings. The van der Waals surface area contributed by atoms with Crippen LogP contribution in [0.25, 0.3) is 0 Å². The zero-order valence-corrected chi connectivity index (χ0v) is 26.3. The highest BCUT2D eigenvalue weighted by atomic mass is 16.7. The summed E-state index contributed by atoms with van der Waals surface area (Å²) in [7, 11) is 4.37. The molecule has 0 saturated carbocycles. The van der Waals surface area contributed by atoms with Crippen LogP contribution < -0.4 is 4.74 Å². The summed E-state index contributed by atoms with van der Waals surface area (Å²) in [6, 6.07) is 18.8. The van der Waals surface area contributed by atoms with Gasteiger partial charge in [0.2, 0.25) is 6.29 Å². The standard InChI is InChI=1S/C36H58NO3/c1-6-9-10-11-12-13-14-15-16-20-26-33-27-21-22-28-34(33)39-35(23-7-2)40-36(38)32(8-3)30-37(4,5)29-31-24-18-17-19-25-31/h17-19,21-22,24-25,27-28,32,35H,6-16,20,23,26,29-30H2,1-5H3/q+1. The highest BCUT2D eigenvalue weighted by Crippen LogP contribution is 2.25. The minimum Gasteiger partial charge on any atom is -0.455 e. The van der Waals surface area contributed by atoms with Gasteiger partial charge in [-0.2, -0.15) is 0 Å². The number of hydrogen-bond acceptors (Lipinski definition) is 3. The number of unbranched alkanes of at least 4 members (excludes halogenated alkanes) is 9. The third-order valence-corrected chi connectivity index (χ3v) is 7.80. The molecular weight excluding hydrogens is 494 g/mol. The van der Waals surface area contributed by atoms with Gasteiger partial charge in [0.05, 0.1) is 20.6 Å². The minimum absolute atomic E-state index is 0.146. The van der Waals surface area contributed by atoms with Crippen LogP contribution >= 0.6 is 0 Å². The number of benzene rings is 2. The van der Waals surface area contributed by atoms with E-state index in [4.69, 9.17) is 9.47 Å². The summed E-state index contributed by atoms with van der Waals surface area (Å²) in [5.74, 6) is 0.550. The van der Waals surface area contributed by atoms with E-state index in [9.17, 15) is 4.79 Å². The van der Waals surface area contributed by atoms with Crippen molar-refractivity contribution in [3.05, 3.63) is 65.7 Å². The van der Waals surface area contributed by atoms with Crippen molar-refractivity contribution in [2.24, 2.45) is 5.92 Å². The summed E-state index contributed by atoms with van der Waals surface area (Å²) < 4.78 is 13.1. The van der Waals surface area contributed by atoms with Crippen molar-refractivity contribution in [2.75, 3.05) is 20.6 Å². The Hall–Kier alpha value is -2.33. The zero-order valence-electron chi connectivity index (χ0n) is 26.3. The molecule has 0 spiro atoms. The molecule has 0 N–H and O–H groups in total. The first-order valence-electron chi connectivity index (χ1n) is 16.2. The molecule has 2 unspecified atom stereocenters. The van der Waals surface area contributed by atoms with Crippen molar-refractivity contribution < 1.29 is 18.8 Å². The Labute approximate surface area is 246 Å². The lowest BCUT2D eigenvalue weighted by Gasteiger charge is -2.33. The van der Waals surface area contributed by atoms with Gasteiger partial charge in [0, 0.05) is 12.0 Å². The molecule has 40 heavy (non-hydrogen) atoms. The number of carbonyl (C=O) groups excluding carboxylic acids is 1. The van der Waals surface area contributed by atoms with Gasteiger partial charge in [0.25, 0.3) is 0 Å². The lowest BCUT2D eigenvalue weighted by Crippen LogP contribution is -2.45. The minimum atomic E-state index is -0.551. The summed E-state index contributed by atoms with van der Waals surface area (Å²) in [5, 5.41) is 0. The number of hydrogen-bond donors (Lipinski definition) is 0. The van der Waals surface area contributed by atoms with Crippen LogP contribution in [-0.2, 0) is 22.5 Å². The molecule has 0 aromatic heterocycles. The number of rotatable bonds is 22. The fourth-order valence-electron chi connectivity index (χ4n) is 5.48. The van der Waals surface area contributed by atoms with Gasteiger partial charge in [-0.1, -0.05) is 127 Å². The molecular formula is C36H58NO3+. The average Bonchev–Trinajstić information content (AvgIpc) is 2.94. The average molecular weight is 553 g/mol. The Morgan fingerprint density at radius 1 is 0.750 bits per heavy atom. The van der Waals surface area contributed by atoms with E-state index in [-0.39, 0.29) is 11.9 Å². The van der Waals surface area contributed by atoms with Crippen LogP contribution in [0.4, 0.5) is 0 Å². The summed E-state index contributed by atoms with van der Waals surface area (Å²) in [6.07, 6.45) is 16.1. The molecule has 0 aliphatic heterocycles. The number of quaternary nitrogens is 1. The molecule has 0 amide bonds. The summed E-state index contributed by atoms with van der Waals surface area (Å²) >= 11 is 0. The van der Waals surface area contributed by atoms with Gasteiger partial charge in [-0.05, 0) is 37.3 Å². The first kappa shape index (κ1) is 33.9. The molecule has 2 atom stereocenters. The molecule has 0 heterocycles. The van der Waals surface area contributed by atoms with Crippen LogP contribution in [-0.4, -0.2) is 37.4 Å². The van der Waals surface area contributed by atoms with Crippen molar-refractivity contribution in [2.45, 2.75) is 123 Å².